The molecule has 0 nitrogen and oxygen atoms in total. The summed E-state index contributed by atoms with van der Waals surface area (Å²) in [7, 11) is 0. The predicted octanol–water partition coefficient (Wildman–Crippen LogP) is 5.58. The second-order valence-electron chi connectivity index (χ2n) is 4.96. The highest BCUT2D eigenvalue weighted by atomic mass is 14.2. The molecule has 0 N–H and O–H groups in total. The molecule has 2 aliphatic carbocycles. The number of rotatable bonds is 0. The number of benzene rings is 1. The van der Waals surface area contributed by atoms with Gasteiger partial charge in [0, 0.05) is 5.92 Å². The van der Waals surface area contributed by atoms with Crippen LogP contribution in [0.25, 0.3) is 0 Å². The molecule has 100 valence electrons. The Morgan fingerprint density at radius 2 is 1.79 bits per heavy atom. The lowest BCUT2D eigenvalue weighted by Crippen LogP contribution is -2.00. The molecule has 0 heteroatoms. The maximum Gasteiger partial charge on any atom is 0.00314 e. The van der Waals surface area contributed by atoms with E-state index >= 15 is 0 Å². The molecule has 0 saturated heterocycles. The Labute approximate surface area is 117 Å². The van der Waals surface area contributed by atoms with Crippen LogP contribution in [-0.2, 0) is 6.42 Å². The van der Waals surface area contributed by atoms with Crippen LogP contribution in [0.15, 0.2) is 59.7 Å². The summed E-state index contributed by atoms with van der Waals surface area (Å²) in [6.07, 6.45) is 12.4. The van der Waals surface area contributed by atoms with Gasteiger partial charge in [0.15, 0.2) is 0 Å². The summed E-state index contributed by atoms with van der Waals surface area (Å²) in [5, 5.41) is 0. The van der Waals surface area contributed by atoms with Crippen LogP contribution in [0.5, 0.6) is 0 Å². The van der Waals surface area contributed by atoms with Crippen LogP contribution in [-0.4, -0.2) is 0 Å². The van der Waals surface area contributed by atoms with Crippen molar-refractivity contribution >= 4 is 0 Å². The van der Waals surface area contributed by atoms with E-state index in [4.69, 9.17) is 0 Å². The van der Waals surface area contributed by atoms with Crippen LogP contribution in [0.2, 0.25) is 0 Å². The molecule has 1 atom stereocenters. The minimum Gasteiger partial charge on any atom is -0.0804 e. The third kappa shape index (κ3) is 2.89. The molecule has 19 heavy (non-hydrogen) atoms. The van der Waals surface area contributed by atoms with Crippen molar-refractivity contribution in [1.29, 1.82) is 0 Å². The lowest BCUT2D eigenvalue weighted by molar-refractivity contribution is 0.852. The average Bonchev–Trinajstić information content (AvgIpc) is 2.77. The molecule has 0 bridgehead atoms. The van der Waals surface area contributed by atoms with E-state index in [-0.39, 0.29) is 0 Å². The van der Waals surface area contributed by atoms with E-state index in [1.165, 1.54) is 24.0 Å². The van der Waals surface area contributed by atoms with Crippen LogP contribution in [0.4, 0.5) is 0 Å². The van der Waals surface area contributed by atoms with Gasteiger partial charge in [-0.25, -0.2) is 0 Å². The van der Waals surface area contributed by atoms with Crippen LogP contribution in [0.1, 0.15) is 50.7 Å². The zero-order valence-corrected chi connectivity index (χ0v) is 12.3. The topological polar surface area (TPSA) is 0 Å². The first-order valence-corrected chi connectivity index (χ1v) is 7.49. The highest BCUT2D eigenvalue weighted by Gasteiger charge is 2.20. The molecule has 1 unspecified atom stereocenters. The minimum absolute atomic E-state index is 0.566. The number of allylic oxidation sites excluding steroid dienone is 6. The van der Waals surface area contributed by atoms with Gasteiger partial charge in [0.2, 0.25) is 0 Å². The van der Waals surface area contributed by atoms with Gasteiger partial charge >= 0.3 is 0 Å². The maximum atomic E-state index is 2.35. The molecular formula is C19H24. The summed E-state index contributed by atoms with van der Waals surface area (Å²) in [5.41, 5.74) is 6.23. The van der Waals surface area contributed by atoms with E-state index in [9.17, 15) is 0 Å². The van der Waals surface area contributed by atoms with E-state index in [1.807, 2.05) is 13.8 Å². The van der Waals surface area contributed by atoms with Gasteiger partial charge in [-0.2, -0.15) is 0 Å². The standard InChI is InChI=1S/C17H18.C2H6/c1-13-16-9-4-2-3-7-14(16)11-12-15-8-5-6-10-17(13)15;1-2/h2-8,10,13H,9,11-12H2,1H3;1-2H3. The molecule has 0 aliphatic heterocycles. The fourth-order valence-electron chi connectivity index (χ4n) is 3.02. The highest BCUT2D eigenvalue weighted by molar-refractivity contribution is 5.45. The summed E-state index contributed by atoms with van der Waals surface area (Å²) >= 11 is 0. The highest BCUT2D eigenvalue weighted by Crippen LogP contribution is 2.37. The Morgan fingerprint density at radius 1 is 1.00 bits per heavy atom. The first-order chi connectivity index (χ1) is 9.36. The Bertz CT molecular complexity index is 515. The van der Waals surface area contributed by atoms with E-state index in [2.05, 4.69) is 55.5 Å². The van der Waals surface area contributed by atoms with Gasteiger partial charge in [-0.3, -0.25) is 0 Å². The van der Waals surface area contributed by atoms with Crippen molar-refractivity contribution < 1.29 is 0 Å². The number of hydrogen-bond acceptors (Lipinski definition) is 0. The number of hydrogen-bond donors (Lipinski definition) is 0. The normalized spacial score (nSPS) is 20.7. The zero-order chi connectivity index (χ0) is 13.7. The molecule has 0 radical (unpaired) electrons. The Hall–Kier alpha value is -1.56. The van der Waals surface area contributed by atoms with E-state index < -0.39 is 0 Å². The fourth-order valence-corrected chi connectivity index (χ4v) is 3.02. The molecule has 3 rings (SSSR count). The van der Waals surface area contributed by atoms with Gasteiger partial charge < -0.3 is 0 Å². The van der Waals surface area contributed by atoms with E-state index in [0.717, 1.165) is 6.42 Å². The lowest BCUT2D eigenvalue weighted by Gasteiger charge is -2.17. The maximum absolute atomic E-state index is 2.35. The molecule has 1 aromatic rings. The first-order valence-electron chi connectivity index (χ1n) is 7.49. The summed E-state index contributed by atoms with van der Waals surface area (Å²) < 4.78 is 0. The summed E-state index contributed by atoms with van der Waals surface area (Å²) in [6, 6.07) is 8.92. The average molecular weight is 252 g/mol. The van der Waals surface area contributed by atoms with Crippen LogP contribution >= 0.6 is 0 Å². The van der Waals surface area contributed by atoms with Gasteiger partial charge in [0.1, 0.15) is 0 Å². The van der Waals surface area contributed by atoms with Crippen LogP contribution in [0.3, 0.4) is 0 Å². The van der Waals surface area contributed by atoms with Gasteiger partial charge in [-0.1, -0.05) is 74.9 Å². The van der Waals surface area contributed by atoms with Crippen LogP contribution < -0.4 is 0 Å². The summed E-state index contributed by atoms with van der Waals surface area (Å²) in [5.74, 6) is 0.566. The second kappa shape index (κ2) is 6.56. The van der Waals surface area contributed by atoms with Crippen molar-refractivity contribution in [3.63, 3.8) is 0 Å². The molecule has 1 aromatic carbocycles. The zero-order valence-electron chi connectivity index (χ0n) is 12.3. The Kier molecular flexibility index (Phi) is 4.79. The van der Waals surface area contributed by atoms with Crippen molar-refractivity contribution in [1.82, 2.24) is 0 Å². The van der Waals surface area contributed by atoms with E-state index in [1.54, 1.807) is 11.1 Å². The second-order valence-corrected chi connectivity index (χ2v) is 4.96. The van der Waals surface area contributed by atoms with Crippen molar-refractivity contribution in [3.8, 4) is 0 Å². The smallest absolute Gasteiger partial charge is 0.00314 e. The summed E-state index contributed by atoms with van der Waals surface area (Å²) in [4.78, 5) is 0. The van der Waals surface area contributed by atoms with Gasteiger partial charge in [-0.05, 0) is 36.0 Å². The first kappa shape index (κ1) is 13.9. The molecule has 0 spiro atoms. The molecule has 0 fully saturated rings. The monoisotopic (exact) mass is 252 g/mol. The molecule has 0 heterocycles. The van der Waals surface area contributed by atoms with Gasteiger partial charge in [0.05, 0.1) is 0 Å². The van der Waals surface area contributed by atoms with Gasteiger partial charge in [0.25, 0.3) is 0 Å². The minimum atomic E-state index is 0.566. The third-order valence-electron chi connectivity index (χ3n) is 4.00. The Balaban J connectivity index is 0.000000637. The quantitative estimate of drug-likeness (QED) is 0.566. The van der Waals surface area contributed by atoms with Crippen molar-refractivity contribution in [2.24, 2.45) is 0 Å². The van der Waals surface area contributed by atoms with Crippen molar-refractivity contribution in [3.05, 3.63) is 70.8 Å². The van der Waals surface area contributed by atoms with Gasteiger partial charge in [-0.15, -0.1) is 0 Å². The number of aryl methyl sites for hydroxylation is 1. The fraction of sp³-hybridized carbons (Fsp3) is 0.368. The van der Waals surface area contributed by atoms with Crippen LogP contribution in [0, 0.1) is 0 Å². The summed E-state index contributed by atoms with van der Waals surface area (Å²) in [6.45, 7) is 6.35. The Morgan fingerprint density at radius 3 is 2.63 bits per heavy atom. The molecular weight excluding hydrogens is 228 g/mol. The largest absolute Gasteiger partial charge is 0.0804 e. The number of fused-ring (bicyclic) bond motifs is 1. The predicted molar refractivity (Wildman–Crippen MR) is 84.4 cm³/mol. The molecule has 2 aliphatic rings. The SMILES string of the molecule is CC.CC1C2=C(C=CC=CC2)CCc2ccccc21. The van der Waals surface area contributed by atoms with Crippen molar-refractivity contribution in [2.75, 3.05) is 0 Å². The van der Waals surface area contributed by atoms with Crippen molar-refractivity contribution in [2.45, 2.75) is 46.0 Å². The molecule has 0 aromatic heterocycles. The van der Waals surface area contributed by atoms with E-state index in [0.29, 0.717) is 5.92 Å². The lowest BCUT2D eigenvalue weighted by atomic mass is 9.88. The molecule has 0 amide bonds. The third-order valence-corrected chi connectivity index (χ3v) is 4.00. The molecule has 0 saturated carbocycles.